The predicted octanol–water partition coefficient (Wildman–Crippen LogP) is 10.4. The first-order chi connectivity index (χ1) is 22.5. The van der Waals surface area contributed by atoms with Crippen LogP contribution in [0.15, 0.2) is 141 Å². The molecule has 4 aromatic heterocycles. The molecule has 222 valence electrons. The third-order valence-electron chi connectivity index (χ3n) is 8.61. The van der Waals surface area contributed by atoms with Gasteiger partial charge >= 0.3 is 0 Å². The summed E-state index contributed by atoms with van der Waals surface area (Å²) in [5.41, 5.74) is 7.23. The number of nitrogens with zero attached hydrogens (tertiary/aromatic N) is 6. The maximum atomic E-state index is 4.50. The van der Waals surface area contributed by atoms with E-state index in [-0.39, 0.29) is 5.41 Å². The van der Waals surface area contributed by atoms with Crippen LogP contribution in [0, 0.1) is 0 Å². The highest BCUT2D eigenvalue weighted by atomic mass is 15.2. The van der Waals surface area contributed by atoms with Crippen LogP contribution < -0.4 is 9.80 Å². The Morgan fingerprint density at radius 3 is 1.17 bits per heavy atom. The number of pyridine rings is 4. The van der Waals surface area contributed by atoms with Gasteiger partial charge < -0.3 is 9.80 Å². The van der Waals surface area contributed by atoms with Crippen molar-refractivity contribution in [1.82, 2.24) is 19.9 Å². The Morgan fingerprint density at radius 2 is 0.848 bits per heavy atom. The summed E-state index contributed by atoms with van der Waals surface area (Å²) in [5.74, 6) is 0. The Bertz CT molecular complexity index is 2050. The lowest BCUT2D eigenvalue weighted by molar-refractivity contribution is 0.591. The van der Waals surface area contributed by atoms with Crippen LogP contribution in [0.4, 0.5) is 34.1 Å². The summed E-state index contributed by atoms with van der Waals surface area (Å²) in [6.45, 7) is 6.82. The first kappa shape index (κ1) is 27.7. The van der Waals surface area contributed by atoms with Gasteiger partial charge in [0, 0.05) is 40.9 Å². The number of anilines is 6. The zero-order chi connectivity index (χ0) is 31.3. The second-order valence-electron chi connectivity index (χ2n) is 12.6. The Balaban J connectivity index is 1.53. The molecule has 0 unspecified atom stereocenters. The van der Waals surface area contributed by atoms with Gasteiger partial charge in [0.2, 0.25) is 0 Å². The van der Waals surface area contributed by atoms with Crippen LogP contribution in [0.5, 0.6) is 0 Å². The van der Waals surface area contributed by atoms with Crippen LogP contribution >= 0.6 is 0 Å². The lowest BCUT2D eigenvalue weighted by atomic mass is 9.82. The van der Waals surface area contributed by atoms with Gasteiger partial charge in [-0.15, -0.1) is 0 Å². The van der Waals surface area contributed by atoms with Crippen LogP contribution in [0.1, 0.15) is 26.3 Å². The molecule has 8 rings (SSSR count). The number of hydrogen-bond acceptors (Lipinski definition) is 6. The molecule has 0 amide bonds. The average molecular weight is 597 g/mol. The molecule has 0 aliphatic rings. The topological polar surface area (TPSA) is 58.0 Å². The third kappa shape index (κ3) is 4.66. The fraction of sp³-hybridized carbons (Fsp3) is 0.100. The fourth-order valence-electron chi connectivity index (χ4n) is 6.50. The molecule has 4 heterocycles. The Morgan fingerprint density at radius 1 is 0.457 bits per heavy atom. The molecule has 6 heteroatoms. The Labute approximate surface area is 268 Å². The van der Waals surface area contributed by atoms with Crippen molar-refractivity contribution in [2.24, 2.45) is 0 Å². The summed E-state index contributed by atoms with van der Waals surface area (Å²) in [7, 11) is 0. The molecule has 46 heavy (non-hydrogen) atoms. The number of aromatic nitrogens is 4. The maximum absolute atomic E-state index is 4.50. The number of benzene rings is 4. The highest BCUT2D eigenvalue weighted by Crippen LogP contribution is 2.49. The molecular formula is C40H32N6. The maximum Gasteiger partial charge on any atom is 0.0645 e. The van der Waals surface area contributed by atoms with Gasteiger partial charge in [-0.05, 0) is 87.8 Å². The van der Waals surface area contributed by atoms with Crippen LogP contribution in [0.3, 0.4) is 0 Å². The molecule has 0 atom stereocenters. The monoisotopic (exact) mass is 596 g/mol. The molecule has 0 radical (unpaired) electrons. The van der Waals surface area contributed by atoms with Crippen LogP contribution in [-0.4, -0.2) is 19.9 Å². The van der Waals surface area contributed by atoms with E-state index in [1.54, 1.807) is 0 Å². The molecule has 0 saturated heterocycles. The van der Waals surface area contributed by atoms with Gasteiger partial charge in [-0.1, -0.05) is 51.1 Å². The average Bonchev–Trinajstić information content (AvgIpc) is 3.09. The molecule has 8 aromatic rings. The first-order valence-corrected chi connectivity index (χ1v) is 15.4. The van der Waals surface area contributed by atoms with Crippen molar-refractivity contribution in [3.05, 3.63) is 146 Å². The van der Waals surface area contributed by atoms with E-state index in [2.05, 4.69) is 117 Å². The van der Waals surface area contributed by atoms with Gasteiger partial charge in [-0.3, -0.25) is 19.9 Å². The standard InChI is InChI=1S/C40H32N6/c1-40(2,3)29-19-27-21-36(45(30-9-5-15-41-23-30)31-10-6-16-42-24-31)34-13-4-14-35-37(22-28(20-29)38(27)39(34)35)46(32-11-7-17-43-25-32)33-12-8-18-44-26-33/h4-26H,1-3H3. The molecule has 0 aliphatic carbocycles. The molecule has 0 N–H and O–H groups in total. The van der Waals surface area contributed by atoms with Crippen molar-refractivity contribution in [3.63, 3.8) is 0 Å². The Kier molecular flexibility index (Phi) is 6.57. The summed E-state index contributed by atoms with van der Waals surface area (Å²) in [4.78, 5) is 22.5. The first-order valence-electron chi connectivity index (χ1n) is 15.4. The molecule has 0 aliphatic heterocycles. The zero-order valence-electron chi connectivity index (χ0n) is 26.0. The molecule has 0 fully saturated rings. The van der Waals surface area contributed by atoms with Gasteiger partial charge in [0.1, 0.15) is 0 Å². The van der Waals surface area contributed by atoms with Crippen molar-refractivity contribution in [2.45, 2.75) is 26.2 Å². The highest BCUT2D eigenvalue weighted by Gasteiger charge is 2.25. The van der Waals surface area contributed by atoms with Crippen molar-refractivity contribution in [2.75, 3.05) is 9.80 Å². The van der Waals surface area contributed by atoms with E-state index >= 15 is 0 Å². The normalized spacial score (nSPS) is 11.8. The molecular weight excluding hydrogens is 564 g/mol. The minimum Gasteiger partial charge on any atom is -0.307 e. The smallest absolute Gasteiger partial charge is 0.0645 e. The van der Waals surface area contributed by atoms with Gasteiger partial charge in [-0.2, -0.15) is 0 Å². The minimum atomic E-state index is -0.0520. The Hall–Kier alpha value is -5.88. The second kappa shape index (κ2) is 10.9. The molecule has 4 aromatic carbocycles. The predicted molar refractivity (Wildman–Crippen MR) is 189 cm³/mol. The lowest BCUT2D eigenvalue weighted by Gasteiger charge is -2.30. The second-order valence-corrected chi connectivity index (χ2v) is 12.6. The van der Waals surface area contributed by atoms with Crippen LogP contribution in [-0.2, 0) is 5.41 Å². The summed E-state index contributed by atoms with van der Waals surface area (Å²) < 4.78 is 0. The van der Waals surface area contributed by atoms with E-state index in [1.807, 2.05) is 73.8 Å². The van der Waals surface area contributed by atoms with Crippen molar-refractivity contribution >= 4 is 66.4 Å². The van der Waals surface area contributed by atoms with Crippen molar-refractivity contribution in [3.8, 4) is 0 Å². The highest BCUT2D eigenvalue weighted by molar-refractivity contribution is 6.30. The van der Waals surface area contributed by atoms with Gasteiger partial charge in [0.05, 0.1) is 58.9 Å². The summed E-state index contributed by atoms with van der Waals surface area (Å²) in [5, 5.41) is 7.13. The van der Waals surface area contributed by atoms with Gasteiger partial charge in [0.25, 0.3) is 0 Å². The van der Waals surface area contributed by atoms with E-state index in [9.17, 15) is 0 Å². The van der Waals surface area contributed by atoms with Crippen molar-refractivity contribution < 1.29 is 0 Å². The minimum absolute atomic E-state index is 0.0520. The van der Waals surface area contributed by atoms with Crippen LogP contribution in [0.2, 0.25) is 0 Å². The van der Waals surface area contributed by atoms with Crippen molar-refractivity contribution in [1.29, 1.82) is 0 Å². The number of hydrogen-bond donors (Lipinski definition) is 0. The zero-order valence-corrected chi connectivity index (χ0v) is 26.0. The third-order valence-corrected chi connectivity index (χ3v) is 8.61. The van der Waals surface area contributed by atoms with Crippen LogP contribution in [0.25, 0.3) is 32.3 Å². The SMILES string of the molecule is CC(C)(C)c1cc2cc(N(c3cccnc3)c3cccnc3)c3cccc4c(N(c5cccnc5)c5cccnc5)cc(c1)c2c34. The van der Waals surface area contributed by atoms with E-state index < -0.39 is 0 Å². The summed E-state index contributed by atoms with van der Waals surface area (Å²) in [6, 6.07) is 32.3. The van der Waals surface area contributed by atoms with E-state index in [1.165, 1.54) is 27.1 Å². The quantitative estimate of drug-likeness (QED) is 0.178. The summed E-state index contributed by atoms with van der Waals surface area (Å²) >= 11 is 0. The number of rotatable bonds is 6. The van der Waals surface area contributed by atoms with E-state index in [4.69, 9.17) is 0 Å². The molecule has 6 nitrogen and oxygen atoms in total. The van der Waals surface area contributed by atoms with Gasteiger partial charge in [0.15, 0.2) is 0 Å². The largest absolute Gasteiger partial charge is 0.307 e. The lowest BCUT2D eigenvalue weighted by Crippen LogP contribution is -2.14. The fourth-order valence-corrected chi connectivity index (χ4v) is 6.50. The summed E-state index contributed by atoms with van der Waals surface area (Å²) in [6.07, 6.45) is 14.9. The van der Waals surface area contributed by atoms with Gasteiger partial charge in [-0.25, -0.2) is 0 Å². The molecule has 0 saturated carbocycles. The molecule has 0 spiro atoms. The van der Waals surface area contributed by atoms with E-state index in [0.29, 0.717) is 0 Å². The van der Waals surface area contributed by atoms with E-state index in [0.717, 1.165) is 44.9 Å². The molecule has 0 bridgehead atoms.